The highest BCUT2D eigenvalue weighted by molar-refractivity contribution is 6.04. The maximum Gasteiger partial charge on any atom is 0.259 e. The van der Waals surface area contributed by atoms with Crippen LogP contribution in [0.4, 0.5) is 5.82 Å². The number of carbonyl (C=O) groups excluding carboxylic acids is 1. The maximum atomic E-state index is 13.4. The molecule has 2 aromatic carbocycles. The number of fused-ring (bicyclic) bond motifs is 2. The second-order valence-corrected chi connectivity index (χ2v) is 8.83. The molecule has 3 N–H and O–H groups in total. The van der Waals surface area contributed by atoms with Crippen molar-refractivity contribution >= 4 is 28.4 Å². The largest absolute Gasteiger partial charge is 0.383 e. The van der Waals surface area contributed by atoms with Crippen molar-refractivity contribution in [2.45, 2.75) is 13.0 Å². The molecular formula is C28H23N9O. The molecule has 0 saturated carbocycles. The molecule has 0 aliphatic heterocycles. The number of aryl methyl sites for hydroxylation is 1. The second kappa shape index (κ2) is 9.22. The van der Waals surface area contributed by atoms with Crippen LogP contribution < -0.4 is 11.1 Å². The Morgan fingerprint density at radius 2 is 1.92 bits per heavy atom. The van der Waals surface area contributed by atoms with Gasteiger partial charge in [0, 0.05) is 31.3 Å². The van der Waals surface area contributed by atoms with Crippen molar-refractivity contribution in [3.8, 4) is 17.5 Å². The molecule has 6 rings (SSSR count). The highest BCUT2D eigenvalue weighted by Gasteiger charge is 2.24. The number of carbonyl (C=O) groups is 1. The molecule has 6 aromatic rings. The molecule has 4 heterocycles. The van der Waals surface area contributed by atoms with Crippen LogP contribution in [0.1, 0.15) is 40.3 Å². The van der Waals surface area contributed by atoms with Crippen LogP contribution in [0.5, 0.6) is 0 Å². The van der Waals surface area contributed by atoms with Crippen molar-refractivity contribution in [3.63, 3.8) is 0 Å². The molecule has 10 heteroatoms. The molecule has 0 saturated heterocycles. The van der Waals surface area contributed by atoms with Gasteiger partial charge in [-0.1, -0.05) is 36.1 Å². The van der Waals surface area contributed by atoms with E-state index in [9.17, 15) is 4.79 Å². The summed E-state index contributed by atoms with van der Waals surface area (Å²) in [4.78, 5) is 26.7. The Bertz CT molecular complexity index is 1870. The van der Waals surface area contributed by atoms with Crippen LogP contribution in [0.2, 0.25) is 0 Å². The SMILES string of the molecule is C[C@H](NC(=O)c1c(N)ncn2ccnc12)c1nc2cccc(C#Cc3cnn(C)c3)c2n1-c1ccccc1. The average molecular weight is 502 g/mol. The van der Waals surface area contributed by atoms with Gasteiger partial charge in [0.15, 0.2) is 5.65 Å². The first kappa shape index (κ1) is 23.0. The smallest absolute Gasteiger partial charge is 0.259 e. The van der Waals surface area contributed by atoms with Gasteiger partial charge in [0.2, 0.25) is 0 Å². The molecule has 186 valence electrons. The third-order valence-corrected chi connectivity index (χ3v) is 6.19. The van der Waals surface area contributed by atoms with Crippen molar-refractivity contribution in [2.24, 2.45) is 7.05 Å². The number of rotatable bonds is 4. The number of imidazole rings is 2. The molecule has 0 aliphatic carbocycles. The molecule has 10 nitrogen and oxygen atoms in total. The summed E-state index contributed by atoms with van der Waals surface area (Å²) < 4.78 is 5.40. The summed E-state index contributed by atoms with van der Waals surface area (Å²) in [5, 5.41) is 7.24. The van der Waals surface area contributed by atoms with Gasteiger partial charge in [0.25, 0.3) is 5.91 Å². The molecule has 1 amide bonds. The van der Waals surface area contributed by atoms with E-state index in [2.05, 4.69) is 32.2 Å². The molecule has 4 aromatic heterocycles. The van der Waals surface area contributed by atoms with Crippen molar-refractivity contribution in [1.29, 1.82) is 0 Å². The first-order valence-corrected chi connectivity index (χ1v) is 11.9. The van der Waals surface area contributed by atoms with Crippen LogP contribution in [-0.4, -0.2) is 39.6 Å². The first-order chi connectivity index (χ1) is 18.5. The summed E-state index contributed by atoms with van der Waals surface area (Å²) in [6.07, 6.45) is 8.43. The number of nitrogen functional groups attached to an aromatic ring is 1. The predicted octanol–water partition coefficient (Wildman–Crippen LogP) is 3.27. The zero-order chi connectivity index (χ0) is 26.2. The average Bonchev–Trinajstić information content (AvgIpc) is 3.66. The van der Waals surface area contributed by atoms with Gasteiger partial charge in [-0.15, -0.1) is 0 Å². The minimum absolute atomic E-state index is 0.109. The zero-order valence-electron chi connectivity index (χ0n) is 20.7. The van der Waals surface area contributed by atoms with Crippen LogP contribution in [0.3, 0.4) is 0 Å². The Labute approximate surface area is 217 Å². The van der Waals surface area contributed by atoms with Crippen LogP contribution in [0.25, 0.3) is 22.4 Å². The quantitative estimate of drug-likeness (QED) is 0.358. The lowest BCUT2D eigenvalue weighted by molar-refractivity contribution is 0.0940. The van der Waals surface area contributed by atoms with E-state index in [0.717, 1.165) is 27.8 Å². The maximum absolute atomic E-state index is 13.4. The molecule has 0 spiro atoms. The van der Waals surface area contributed by atoms with E-state index in [1.54, 1.807) is 27.7 Å². The summed E-state index contributed by atoms with van der Waals surface area (Å²) in [5.41, 5.74) is 10.9. The lowest BCUT2D eigenvalue weighted by Gasteiger charge is -2.17. The number of nitrogens with one attached hydrogen (secondary N) is 1. The van der Waals surface area contributed by atoms with Gasteiger partial charge in [0.1, 0.15) is 23.5 Å². The van der Waals surface area contributed by atoms with E-state index in [4.69, 9.17) is 10.7 Å². The summed E-state index contributed by atoms with van der Waals surface area (Å²) >= 11 is 0. The van der Waals surface area contributed by atoms with Crippen molar-refractivity contribution in [1.82, 2.24) is 39.0 Å². The summed E-state index contributed by atoms with van der Waals surface area (Å²) in [6, 6.07) is 15.2. The van der Waals surface area contributed by atoms with Crippen molar-refractivity contribution in [3.05, 3.63) is 102 Å². The minimum atomic E-state index is -0.483. The van der Waals surface area contributed by atoms with E-state index in [-0.39, 0.29) is 17.3 Å². The molecular weight excluding hydrogens is 478 g/mol. The van der Waals surface area contributed by atoms with Gasteiger partial charge in [-0.2, -0.15) is 5.10 Å². The highest BCUT2D eigenvalue weighted by atomic mass is 16.1. The minimum Gasteiger partial charge on any atom is -0.383 e. The van der Waals surface area contributed by atoms with Gasteiger partial charge in [-0.25, -0.2) is 15.0 Å². The Morgan fingerprint density at radius 3 is 2.71 bits per heavy atom. The lowest BCUT2D eigenvalue weighted by Crippen LogP contribution is -2.30. The highest BCUT2D eigenvalue weighted by Crippen LogP contribution is 2.28. The summed E-state index contributed by atoms with van der Waals surface area (Å²) in [7, 11) is 1.86. The Balaban J connectivity index is 1.46. The normalized spacial score (nSPS) is 11.8. The topological polar surface area (TPSA) is 121 Å². The molecule has 0 aliphatic rings. The Morgan fingerprint density at radius 1 is 1.08 bits per heavy atom. The first-order valence-electron chi connectivity index (χ1n) is 11.9. The van der Waals surface area contributed by atoms with Gasteiger partial charge in [-0.3, -0.25) is 18.4 Å². The number of anilines is 1. The molecule has 0 bridgehead atoms. The zero-order valence-corrected chi connectivity index (χ0v) is 20.7. The third kappa shape index (κ3) is 4.02. The van der Waals surface area contributed by atoms with Crippen LogP contribution >= 0.6 is 0 Å². The van der Waals surface area contributed by atoms with E-state index in [1.165, 1.54) is 6.33 Å². The number of aromatic nitrogens is 7. The van der Waals surface area contributed by atoms with Gasteiger partial charge >= 0.3 is 0 Å². The molecule has 1 atom stereocenters. The number of para-hydroxylation sites is 2. The molecule has 38 heavy (non-hydrogen) atoms. The van der Waals surface area contributed by atoms with Gasteiger partial charge < -0.3 is 11.1 Å². The summed E-state index contributed by atoms with van der Waals surface area (Å²) in [5.74, 6) is 6.85. The standard InChI is InChI=1S/C28H23N9O/c1-18(33-28(38)23-25(29)31-17-36-14-13-30-27(23)36)26-34-22-10-6-7-20(12-11-19-15-32-35(2)16-19)24(22)37(26)21-8-4-3-5-9-21/h3-10,13-18H,29H2,1-2H3,(H,33,38)/t18-/m0/s1. The second-order valence-electron chi connectivity index (χ2n) is 8.83. The predicted molar refractivity (Wildman–Crippen MR) is 144 cm³/mol. The van der Waals surface area contributed by atoms with Crippen LogP contribution in [0, 0.1) is 11.8 Å². The fourth-order valence-corrected chi connectivity index (χ4v) is 4.45. The molecule has 0 radical (unpaired) electrons. The number of hydrogen-bond acceptors (Lipinski definition) is 6. The van der Waals surface area contributed by atoms with E-state index >= 15 is 0 Å². The van der Waals surface area contributed by atoms with Crippen LogP contribution in [0.15, 0.2) is 79.6 Å². The number of nitrogens with zero attached hydrogens (tertiary/aromatic N) is 7. The van der Waals surface area contributed by atoms with E-state index in [1.807, 2.05) is 73.3 Å². The Kier molecular flexibility index (Phi) is 5.58. The fourth-order valence-electron chi connectivity index (χ4n) is 4.45. The van der Waals surface area contributed by atoms with Gasteiger partial charge in [-0.05, 0) is 31.2 Å². The van der Waals surface area contributed by atoms with E-state index in [0.29, 0.717) is 11.5 Å². The molecule has 0 unspecified atom stereocenters. The van der Waals surface area contributed by atoms with Crippen molar-refractivity contribution in [2.75, 3.05) is 5.73 Å². The van der Waals surface area contributed by atoms with Crippen molar-refractivity contribution < 1.29 is 4.79 Å². The monoisotopic (exact) mass is 501 g/mol. The van der Waals surface area contributed by atoms with Crippen LogP contribution in [-0.2, 0) is 7.05 Å². The van der Waals surface area contributed by atoms with Gasteiger partial charge in [0.05, 0.1) is 34.4 Å². The third-order valence-electron chi connectivity index (χ3n) is 6.19. The number of hydrogen-bond donors (Lipinski definition) is 2. The van der Waals surface area contributed by atoms with E-state index < -0.39 is 6.04 Å². The lowest BCUT2D eigenvalue weighted by atomic mass is 10.1. The number of amides is 1. The molecule has 0 fully saturated rings. The number of nitrogens with two attached hydrogens (primary N) is 1. The Hall–Kier alpha value is -5.43. The fraction of sp³-hybridized carbons (Fsp3) is 0.107. The summed E-state index contributed by atoms with van der Waals surface area (Å²) in [6.45, 7) is 1.88. The number of benzene rings is 2.